The van der Waals surface area contributed by atoms with Gasteiger partial charge in [-0.25, -0.2) is 0 Å². The number of benzene rings is 1. The number of rotatable bonds is 2. The van der Waals surface area contributed by atoms with E-state index in [1.165, 1.54) is 5.56 Å². The van der Waals surface area contributed by atoms with Crippen molar-refractivity contribution in [3.8, 4) is 0 Å². The van der Waals surface area contributed by atoms with Crippen LogP contribution in [0, 0.1) is 13.8 Å². The zero-order valence-electron chi connectivity index (χ0n) is 8.10. The van der Waals surface area contributed by atoms with Crippen molar-refractivity contribution >= 4 is 21.7 Å². The number of halogens is 1. The highest BCUT2D eigenvalue weighted by atomic mass is 79.9. The van der Waals surface area contributed by atoms with Crippen molar-refractivity contribution < 1.29 is 4.79 Å². The molecule has 0 spiro atoms. The van der Waals surface area contributed by atoms with Crippen LogP contribution >= 0.6 is 15.9 Å². The second kappa shape index (κ2) is 4.05. The fraction of sp³-hybridized carbons (Fsp3) is 0.364. The summed E-state index contributed by atoms with van der Waals surface area (Å²) in [6, 6.07) is 5.82. The van der Waals surface area contributed by atoms with E-state index in [-0.39, 0.29) is 10.6 Å². The number of carbonyl (C=O) groups is 1. The third-order valence-electron chi connectivity index (χ3n) is 2.23. The highest BCUT2D eigenvalue weighted by Gasteiger charge is 2.14. The minimum absolute atomic E-state index is 0.104. The Morgan fingerprint density at radius 3 is 2.54 bits per heavy atom. The van der Waals surface area contributed by atoms with Gasteiger partial charge in [-0.1, -0.05) is 34.1 Å². The highest BCUT2D eigenvalue weighted by molar-refractivity contribution is 9.10. The van der Waals surface area contributed by atoms with Crippen LogP contribution in [0.3, 0.4) is 0 Å². The first-order valence-electron chi connectivity index (χ1n) is 4.28. The van der Waals surface area contributed by atoms with Gasteiger partial charge < -0.3 is 0 Å². The van der Waals surface area contributed by atoms with E-state index in [1.54, 1.807) is 0 Å². The number of carbonyl (C=O) groups excluding carboxylic acids is 1. The molecule has 1 nitrogen and oxygen atoms in total. The summed E-state index contributed by atoms with van der Waals surface area (Å²) in [5, 5.41) is 0. The third kappa shape index (κ3) is 2.19. The molecule has 70 valence electrons. The lowest BCUT2D eigenvalue weighted by Gasteiger charge is -2.08. The Labute approximate surface area is 87.3 Å². The first-order chi connectivity index (χ1) is 6.04. The van der Waals surface area contributed by atoms with Crippen molar-refractivity contribution in [3.05, 3.63) is 34.9 Å². The van der Waals surface area contributed by atoms with Gasteiger partial charge in [0, 0.05) is 5.56 Å². The van der Waals surface area contributed by atoms with Gasteiger partial charge in [-0.2, -0.15) is 0 Å². The maximum absolute atomic E-state index is 11.7. The topological polar surface area (TPSA) is 17.1 Å². The summed E-state index contributed by atoms with van der Waals surface area (Å²) in [6.45, 7) is 5.85. The van der Waals surface area contributed by atoms with Gasteiger partial charge in [-0.15, -0.1) is 0 Å². The van der Waals surface area contributed by atoms with E-state index in [0.29, 0.717) is 0 Å². The Bertz CT molecular complexity index is 329. The molecule has 1 rings (SSSR count). The summed E-state index contributed by atoms with van der Waals surface area (Å²) >= 11 is 3.29. The van der Waals surface area contributed by atoms with Gasteiger partial charge in [0.15, 0.2) is 5.78 Å². The molecule has 0 aliphatic carbocycles. The van der Waals surface area contributed by atoms with Crippen molar-refractivity contribution in [2.75, 3.05) is 0 Å². The molecule has 0 amide bonds. The van der Waals surface area contributed by atoms with Crippen molar-refractivity contribution in [2.24, 2.45) is 0 Å². The number of alkyl halides is 1. The first kappa shape index (κ1) is 10.5. The normalized spacial score (nSPS) is 12.6. The Hall–Kier alpha value is -0.630. The van der Waals surface area contributed by atoms with Crippen LogP contribution in [0.1, 0.15) is 28.4 Å². The maximum atomic E-state index is 11.7. The quantitative estimate of drug-likeness (QED) is 0.573. The molecule has 0 heterocycles. The monoisotopic (exact) mass is 240 g/mol. The number of Topliss-reactive ketones (excluding diaryl/α,β-unsaturated/α-hetero) is 1. The minimum atomic E-state index is -0.104. The van der Waals surface area contributed by atoms with Crippen LogP contribution in [-0.4, -0.2) is 10.6 Å². The molecule has 1 atom stereocenters. The zero-order chi connectivity index (χ0) is 10.0. The molecule has 1 aromatic carbocycles. The van der Waals surface area contributed by atoms with Gasteiger partial charge in [0.1, 0.15) is 0 Å². The lowest BCUT2D eigenvalue weighted by atomic mass is 9.99. The highest BCUT2D eigenvalue weighted by Crippen LogP contribution is 2.16. The molecule has 13 heavy (non-hydrogen) atoms. The second-order valence-electron chi connectivity index (χ2n) is 3.23. The molecule has 0 N–H and O–H groups in total. The summed E-state index contributed by atoms with van der Waals surface area (Å²) in [5.74, 6) is 0.154. The van der Waals surface area contributed by atoms with Crippen molar-refractivity contribution in [2.45, 2.75) is 25.6 Å². The number of hydrogen-bond donors (Lipinski definition) is 0. The number of aryl methyl sites for hydroxylation is 1. The van der Waals surface area contributed by atoms with Gasteiger partial charge in [0.25, 0.3) is 0 Å². The molecular weight excluding hydrogens is 228 g/mol. The molecule has 1 aromatic rings. The standard InChI is InChI=1S/C11H13BrO/c1-7-5-4-6-10(8(7)2)11(13)9(3)12/h4-6,9H,1-3H3. The van der Waals surface area contributed by atoms with E-state index in [1.807, 2.05) is 39.0 Å². The molecule has 0 fully saturated rings. The van der Waals surface area contributed by atoms with Crippen molar-refractivity contribution in [1.29, 1.82) is 0 Å². The molecule has 1 unspecified atom stereocenters. The molecule has 0 bridgehead atoms. The van der Waals surface area contributed by atoms with E-state index in [2.05, 4.69) is 15.9 Å². The predicted molar refractivity (Wildman–Crippen MR) is 58.6 cm³/mol. The molecule has 0 saturated carbocycles. The summed E-state index contributed by atoms with van der Waals surface area (Å²) in [5.41, 5.74) is 3.07. The molecule has 0 radical (unpaired) electrons. The van der Waals surface area contributed by atoms with Gasteiger partial charge in [-0.05, 0) is 31.9 Å². The molecule has 0 saturated heterocycles. The maximum Gasteiger partial charge on any atom is 0.176 e. The van der Waals surface area contributed by atoms with Crippen LogP contribution in [0.4, 0.5) is 0 Å². The number of hydrogen-bond acceptors (Lipinski definition) is 1. The van der Waals surface area contributed by atoms with Crippen molar-refractivity contribution in [1.82, 2.24) is 0 Å². The van der Waals surface area contributed by atoms with Crippen LogP contribution in [0.5, 0.6) is 0 Å². The lowest BCUT2D eigenvalue weighted by molar-refractivity contribution is 0.0995. The molecule has 0 aromatic heterocycles. The van der Waals surface area contributed by atoms with Gasteiger partial charge in [0.2, 0.25) is 0 Å². The summed E-state index contributed by atoms with van der Waals surface area (Å²) in [6.07, 6.45) is 0. The third-order valence-corrected chi connectivity index (χ3v) is 2.65. The molecular formula is C11H13BrO. The van der Waals surface area contributed by atoms with E-state index in [0.717, 1.165) is 11.1 Å². The summed E-state index contributed by atoms with van der Waals surface area (Å²) in [4.78, 5) is 11.6. The Balaban J connectivity index is 3.15. The second-order valence-corrected chi connectivity index (χ2v) is 4.60. The molecule has 0 aliphatic rings. The van der Waals surface area contributed by atoms with E-state index in [4.69, 9.17) is 0 Å². The van der Waals surface area contributed by atoms with Gasteiger partial charge in [-0.3, -0.25) is 4.79 Å². The molecule has 0 aliphatic heterocycles. The Kier molecular flexibility index (Phi) is 3.26. The Morgan fingerprint density at radius 2 is 2.00 bits per heavy atom. The SMILES string of the molecule is Cc1cccc(C(=O)C(C)Br)c1C. The Morgan fingerprint density at radius 1 is 1.38 bits per heavy atom. The summed E-state index contributed by atoms with van der Waals surface area (Å²) < 4.78 is 0. The van der Waals surface area contributed by atoms with Gasteiger partial charge >= 0.3 is 0 Å². The fourth-order valence-corrected chi connectivity index (χ4v) is 1.48. The van der Waals surface area contributed by atoms with E-state index < -0.39 is 0 Å². The predicted octanol–water partition coefficient (Wildman–Crippen LogP) is 3.27. The van der Waals surface area contributed by atoms with Crippen LogP contribution in [0.25, 0.3) is 0 Å². The minimum Gasteiger partial charge on any atom is -0.293 e. The largest absolute Gasteiger partial charge is 0.293 e. The van der Waals surface area contributed by atoms with Crippen LogP contribution in [0.15, 0.2) is 18.2 Å². The van der Waals surface area contributed by atoms with E-state index in [9.17, 15) is 4.79 Å². The van der Waals surface area contributed by atoms with Gasteiger partial charge in [0.05, 0.1) is 4.83 Å². The average Bonchev–Trinajstić information content (AvgIpc) is 2.08. The smallest absolute Gasteiger partial charge is 0.176 e. The van der Waals surface area contributed by atoms with Crippen molar-refractivity contribution in [3.63, 3.8) is 0 Å². The van der Waals surface area contributed by atoms with Crippen LogP contribution in [-0.2, 0) is 0 Å². The molecule has 2 heteroatoms. The average molecular weight is 241 g/mol. The zero-order valence-corrected chi connectivity index (χ0v) is 9.68. The van der Waals surface area contributed by atoms with Crippen LogP contribution in [0.2, 0.25) is 0 Å². The summed E-state index contributed by atoms with van der Waals surface area (Å²) in [7, 11) is 0. The number of ketones is 1. The van der Waals surface area contributed by atoms with E-state index >= 15 is 0 Å². The fourth-order valence-electron chi connectivity index (χ4n) is 1.23. The first-order valence-corrected chi connectivity index (χ1v) is 5.20. The van der Waals surface area contributed by atoms with Crippen LogP contribution < -0.4 is 0 Å². The lowest BCUT2D eigenvalue weighted by Crippen LogP contribution is -2.11.